The standard InChI is InChI=1S/C17H17ClN2O/c18-16-8-6-15(7-9-16)11-13-20-17(21)19-12-10-14-4-2-1-3-5-14/h1-10,12H,11,13H2,(H2,19,20,21)/b12-10+. The molecule has 3 nitrogen and oxygen atoms in total. The Morgan fingerprint density at radius 3 is 2.48 bits per heavy atom. The van der Waals surface area contributed by atoms with Crippen molar-refractivity contribution in [1.29, 1.82) is 0 Å². The van der Waals surface area contributed by atoms with Crippen molar-refractivity contribution in [1.82, 2.24) is 10.6 Å². The maximum atomic E-state index is 11.6. The summed E-state index contributed by atoms with van der Waals surface area (Å²) in [6.07, 6.45) is 4.25. The van der Waals surface area contributed by atoms with Gasteiger partial charge in [-0.3, -0.25) is 0 Å². The first-order valence-corrected chi connectivity index (χ1v) is 7.12. The molecule has 2 aromatic rings. The Morgan fingerprint density at radius 2 is 1.76 bits per heavy atom. The molecule has 2 rings (SSSR count). The van der Waals surface area contributed by atoms with E-state index in [0.717, 1.165) is 22.6 Å². The largest absolute Gasteiger partial charge is 0.338 e. The zero-order valence-corrected chi connectivity index (χ0v) is 12.3. The Bertz CT molecular complexity index is 594. The molecule has 2 N–H and O–H groups in total. The average Bonchev–Trinajstić information content (AvgIpc) is 2.50. The minimum absolute atomic E-state index is 0.212. The molecule has 0 aliphatic heterocycles. The van der Waals surface area contributed by atoms with Gasteiger partial charge >= 0.3 is 6.03 Å². The summed E-state index contributed by atoms with van der Waals surface area (Å²) in [6, 6.07) is 17.2. The lowest BCUT2D eigenvalue weighted by Gasteiger charge is -2.05. The SMILES string of the molecule is O=C(N/C=C/c1ccccc1)NCCc1ccc(Cl)cc1. The molecule has 0 heterocycles. The Labute approximate surface area is 129 Å². The number of hydrogen-bond donors (Lipinski definition) is 2. The van der Waals surface area contributed by atoms with Gasteiger partial charge in [-0.2, -0.15) is 0 Å². The quantitative estimate of drug-likeness (QED) is 0.865. The van der Waals surface area contributed by atoms with Crippen LogP contribution in [0, 0.1) is 0 Å². The number of urea groups is 1. The second kappa shape index (κ2) is 8.12. The third kappa shape index (κ3) is 5.71. The van der Waals surface area contributed by atoms with Crippen molar-refractivity contribution < 1.29 is 4.79 Å². The van der Waals surface area contributed by atoms with E-state index < -0.39 is 0 Å². The van der Waals surface area contributed by atoms with Crippen LogP contribution in [0.4, 0.5) is 4.79 Å². The molecule has 0 aromatic heterocycles. The van der Waals surface area contributed by atoms with Gasteiger partial charge in [-0.25, -0.2) is 4.79 Å². The number of halogens is 1. The van der Waals surface area contributed by atoms with Crippen molar-refractivity contribution in [2.45, 2.75) is 6.42 Å². The van der Waals surface area contributed by atoms with Crippen LogP contribution in [0.5, 0.6) is 0 Å². The van der Waals surface area contributed by atoms with Gasteiger partial charge in [0.05, 0.1) is 0 Å². The predicted octanol–water partition coefficient (Wildman–Crippen LogP) is 3.85. The third-order valence-electron chi connectivity index (χ3n) is 2.90. The molecule has 108 valence electrons. The van der Waals surface area contributed by atoms with E-state index in [0.29, 0.717) is 6.54 Å². The normalized spacial score (nSPS) is 10.5. The molecule has 0 bridgehead atoms. The summed E-state index contributed by atoms with van der Waals surface area (Å²) in [5.74, 6) is 0. The van der Waals surface area contributed by atoms with Crippen molar-refractivity contribution in [2.24, 2.45) is 0 Å². The first kappa shape index (κ1) is 15.1. The van der Waals surface area contributed by atoms with E-state index in [1.54, 1.807) is 6.20 Å². The van der Waals surface area contributed by atoms with Gasteiger partial charge in [0, 0.05) is 17.8 Å². The van der Waals surface area contributed by atoms with Crippen LogP contribution in [0.1, 0.15) is 11.1 Å². The molecular weight excluding hydrogens is 284 g/mol. The summed E-state index contributed by atoms with van der Waals surface area (Å²) in [5.41, 5.74) is 2.18. The van der Waals surface area contributed by atoms with Crippen molar-refractivity contribution >= 4 is 23.7 Å². The topological polar surface area (TPSA) is 41.1 Å². The molecule has 0 atom stereocenters. The van der Waals surface area contributed by atoms with Crippen LogP contribution in [-0.2, 0) is 6.42 Å². The summed E-state index contributed by atoms with van der Waals surface area (Å²) < 4.78 is 0. The predicted molar refractivity (Wildman–Crippen MR) is 87.2 cm³/mol. The van der Waals surface area contributed by atoms with Gasteiger partial charge in [-0.15, -0.1) is 0 Å². The lowest BCUT2D eigenvalue weighted by atomic mass is 10.1. The third-order valence-corrected chi connectivity index (χ3v) is 3.15. The van der Waals surface area contributed by atoms with Crippen LogP contribution in [0.2, 0.25) is 5.02 Å². The Morgan fingerprint density at radius 1 is 1.05 bits per heavy atom. The molecule has 0 aliphatic carbocycles. The van der Waals surface area contributed by atoms with Crippen LogP contribution in [0.25, 0.3) is 6.08 Å². The van der Waals surface area contributed by atoms with Crippen molar-refractivity contribution in [3.05, 3.63) is 76.9 Å². The highest BCUT2D eigenvalue weighted by Crippen LogP contribution is 2.09. The maximum absolute atomic E-state index is 11.6. The molecule has 0 saturated heterocycles. The Hall–Kier alpha value is -2.26. The number of benzene rings is 2. The summed E-state index contributed by atoms with van der Waals surface area (Å²) in [5, 5.41) is 6.19. The summed E-state index contributed by atoms with van der Waals surface area (Å²) in [6.45, 7) is 0.576. The number of rotatable bonds is 5. The summed E-state index contributed by atoms with van der Waals surface area (Å²) >= 11 is 5.82. The highest BCUT2D eigenvalue weighted by Gasteiger charge is 1.97. The first-order chi connectivity index (χ1) is 10.2. The lowest BCUT2D eigenvalue weighted by molar-refractivity contribution is 0.244. The van der Waals surface area contributed by atoms with E-state index in [1.807, 2.05) is 60.7 Å². The molecule has 2 aromatic carbocycles. The molecule has 0 unspecified atom stereocenters. The monoisotopic (exact) mass is 300 g/mol. The van der Waals surface area contributed by atoms with Crippen LogP contribution in [0.3, 0.4) is 0 Å². The molecule has 0 fully saturated rings. The highest BCUT2D eigenvalue weighted by atomic mass is 35.5. The molecule has 2 amide bonds. The fourth-order valence-corrected chi connectivity index (χ4v) is 1.93. The van der Waals surface area contributed by atoms with Crippen molar-refractivity contribution in [3.8, 4) is 0 Å². The molecule has 0 radical (unpaired) electrons. The van der Waals surface area contributed by atoms with Gasteiger partial charge in [-0.1, -0.05) is 54.1 Å². The molecule has 4 heteroatoms. The smallest absolute Gasteiger partial charge is 0.318 e. The number of carbonyl (C=O) groups excluding carboxylic acids is 1. The van der Waals surface area contributed by atoms with E-state index in [2.05, 4.69) is 10.6 Å². The lowest BCUT2D eigenvalue weighted by Crippen LogP contribution is -2.33. The first-order valence-electron chi connectivity index (χ1n) is 6.74. The van der Waals surface area contributed by atoms with E-state index >= 15 is 0 Å². The van der Waals surface area contributed by atoms with Gasteiger partial charge in [0.1, 0.15) is 0 Å². The number of hydrogen-bond acceptors (Lipinski definition) is 1. The van der Waals surface area contributed by atoms with Crippen molar-refractivity contribution in [2.75, 3.05) is 6.54 Å². The minimum Gasteiger partial charge on any atom is -0.338 e. The average molecular weight is 301 g/mol. The van der Waals surface area contributed by atoms with Gasteiger partial charge in [0.15, 0.2) is 0 Å². The van der Waals surface area contributed by atoms with Crippen molar-refractivity contribution in [3.63, 3.8) is 0 Å². The highest BCUT2D eigenvalue weighted by molar-refractivity contribution is 6.30. The van der Waals surface area contributed by atoms with E-state index in [-0.39, 0.29) is 6.03 Å². The molecule has 21 heavy (non-hydrogen) atoms. The van der Waals surface area contributed by atoms with Gasteiger partial charge in [0.25, 0.3) is 0 Å². The van der Waals surface area contributed by atoms with Gasteiger partial charge in [-0.05, 0) is 35.8 Å². The number of carbonyl (C=O) groups is 1. The zero-order valence-electron chi connectivity index (χ0n) is 11.6. The van der Waals surface area contributed by atoms with E-state index in [4.69, 9.17) is 11.6 Å². The van der Waals surface area contributed by atoms with E-state index in [9.17, 15) is 4.79 Å². The molecule has 0 saturated carbocycles. The fraction of sp³-hybridized carbons (Fsp3) is 0.118. The van der Waals surface area contributed by atoms with Crippen LogP contribution < -0.4 is 10.6 Å². The Balaban J connectivity index is 1.68. The van der Waals surface area contributed by atoms with Crippen LogP contribution in [-0.4, -0.2) is 12.6 Å². The molecule has 0 spiro atoms. The second-order valence-corrected chi connectivity index (χ2v) is 4.96. The molecule has 0 aliphatic rings. The van der Waals surface area contributed by atoms with Gasteiger partial charge in [0.2, 0.25) is 0 Å². The van der Waals surface area contributed by atoms with Crippen LogP contribution in [0.15, 0.2) is 60.8 Å². The number of nitrogens with one attached hydrogen (secondary N) is 2. The van der Waals surface area contributed by atoms with E-state index in [1.165, 1.54) is 0 Å². The van der Waals surface area contributed by atoms with Crippen LogP contribution >= 0.6 is 11.6 Å². The zero-order chi connectivity index (χ0) is 14.9. The summed E-state index contributed by atoms with van der Waals surface area (Å²) in [4.78, 5) is 11.6. The minimum atomic E-state index is -0.212. The maximum Gasteiger partial charge on any atom is 0.318 e. The summed E-state index contributed by atoms with van der Waals surface area (Å²) in [7, 11) is 0. The molecular formula is C17H17ClN2O. The van der Waals surface area contributed by atoms with Gasteiger partial charge < -0.3 is 10.6 Å². The fourth-order valence-electron chi connectivity index (χ4n) is 1.80. The second-order valence-electron chi connectivity index (χ2n) is 4.52. The Kier molecular flexibility index (Phi) is 5.85. The number of amides is 2.